The van der Waals surface area contributed by atoms with Gasteiger partial charge in [0.15, 0.2) is 0 Å². The van der Waals surface area contributed by atoms with Crippen molar-refractivity contribution in [2.75, 3.05) is 0 Å². The Bertz CT molecular complexity index is 362. The summed E-state index contributed by atoms with van der Waals surface area (Å²) in [4.78, 5) is 0. The van der Waals surface area contributed by atoms with E-state index in [4.69, 9.17) is 11.6 Å². The van der Waals surface area contributed by atoms with Crippen molar-refractivity contribution in [3.05, 3.63) is 18.0 Å². The summed E-state index contributed by atoms with van der Waals surface area (Å²) in [5.41, 5.74) is 1.11. The van der Waals surface area contributed by atoms with Gasteiger partial charge < -0.3 is 5.32 Å². The fourth-order valence-electron chi connectivity index (χ4n) is 2.49. The molecule has 1 aromatic rings. The molecule has 0 amide bonds. The Balaban J connectivity index is 1.85. The number of hydrogen-bond acceptors (Lipinski definition) is 2. The fourth-order valence-corrected chi connectivity index (χ4v) is 2.86. The topological polar surface area (TPSA) is 29.9 Å². The van der Waals surface area contributed by atoms with Crippen molar-refractivity contribution in [3.8, 4) is 0 Å². The second kappa shape index (κ2) is 6.58. The van der Waals surface area contributed by atoms with E-state index in [1.807, 2.05) is 10.9 Å². The zero-order chi connectivity index (χ0) is 13.0. The van der Waals surface area contributed by atoms with Crippen LogP contribution in [0.5, 0.6) is 0 Å². The average Bonchev–Trinajstić information content (AvgIpc) is 2.72. The van der Waals surface area contributed by atoms with Gasteiger partial charge in [-0.05, 0) is 32.8 Å². The van der Waals surface area contributed by atoms with Crippen molar-refractivity contribution in [2.45, 2.75) is 70.0 Å². The summed E-state index contributed by atoms with van der Waals surface area (Å²) in [7, 11) is 0. The van der Waals surface area contributed by atoms with E-state index in [0.29, 0.717) is 12.1 Å². The van der Waals surface area contributed by atoms with E-state index in [-0.39, 0.29) is 5.38 Å². The number of nitrogens with zero attached hydrogens (tertiary/aromatic N) is 2. The third-order valence-corrected chi connectivity index (χ3v) is 4.19. The van der Waals surface area contributed by atoms with Gasteiger partial charge in [-0.15, -0.1) is 11.6 Å². The Morgan fingerprint density at radius 1 is 1.39 bits per heavy atom. The van der Waals surface area contributed by atoms with Gasteiger partial charge in [0.05, 0.1) is 5.69 Å². The Kier molecular flexibility index (Phi) is 5.07. The molecule has 0 saturated heterocycles. The maximum atomic E-state index is 6.42. The van der Waals surface area contributed by atoms with Gasteiger partial charge in [-0.2, -0.15) is 5.10 Å². The first kappa shape index (κ1) is 13.9. The number of hydrogen-bond donors (Lipinski definition) is 1. The first-order valence-electron chi connectivity index (χ1n) is 7.08. The summed E-state index contributed by atoms with van der Waals surface area (Å²) in [6.45, 7) is 5.11. The molecule has 1 aromatic heterocycles. The van der Waals surface area contributed by atoms with Crippen LogP contribution in [0.3, 0.4) is 0 Å². The summed E-state index contributed by atoms with van der Waals surface area (Å²) < 4.78 is 2.00. The van der Waals surface area contributed by atoms with Crippen LogP contribution in [0.4, 0.5) is 0 Å². The lowest BCUT2D eigenvalue weighted by Gasteiger charge is -2.20. The summed E-state index contributed by atoms with van der Waals surface area (Å²) in [5.74, 6) is 0. The Morgan fingerprint density at radius 3 is 2.89 bits per heavy atom. The fraction of sp³-hybridized carbons (Fsp3) is 0.786. The Labute approximate surface area is 115 Å². The largest absolute Gasteiger partial charge is 0.307 e. The van der Waals surface area contributed by atoms with Crippen molar-refractivity contribution in [3.63, 3.8) is 0 Å². The molecule has 1 heterocycles. The summed E-state index contributed by atoms with van der Waals surface area (Å²) >= 11 is 6.42. The summed E-state index contributed by atoms with van der Waals surface area (Å²) in [6.07, 6.45) is 8.27. The minimum atomic E-state index is 0.277. The molecule has 4 heteroatoms. The predicted molar refractivity (Wildman–Crippen MR) is 76.0 cm³/mol. The number of alkyl halides is 1. The van der Waals surface area contributed by atoms with Gasteiger partial charge in [-0.3, -0.25) is 4.68 Å². The third-order valence-electron chi connectivity index (χ3n) is 3.67. The molecule has 1 N–H and O–H groups in total. The van der Waals surface area contributed by atoms with E-state index in [9.17, 15) is 0 Å². The minimum Gasteiger partial charge on any atom is -0.307 e. The molecule has 0 bridgehead atoms. The molecule has 18 heavy (non-hydrogen) atoms. The van der Waals surface area contributed by atoms with Crippen molar-refractivity contribution in [2.24, 2.45) is 0 Å². The van der Waals surface area contributed by atoms with Crippen LogP contribution in [0.25, 0.3) is 0 Å². The highest BCUT2D eigenvalue weighted by atomic mass is 35.5. The zero-order valence-electron chi connectivity index (χ0n) is 11.4. The number of aromatic nitrogens is 2. The molecule has 1 fully saturated rings. The van der Waals surface area contributed by atoms with Gasteiger partial charge in [0.25, 0.3) is 0 Å². The van der Waals surface area contributed by atoms with Crippen LogP contribution >= 0.6 is 11.6 Å². The van der Waals surface area contributed by atoms with Crippen LogP contribution in [0.1, 0.15) is 57.7 Å². The smallest absolute Gasteiger partial charge is 0.0762 e. The molecule has 2 unspecified atom stereocenters. The van der Waals surface area contributed by atoms with Crippen LogP contribution in [0.2, 0.25) is 0 Å². The molecule has 0 aliphatic heterocycles. The van der Waals surface area contributed by atoms with E-state index in [2.05, 4.69) is 30.3 Å². The molecular formula is C14H24ClN3. The summed E-state index contributed by atoms with van der Waals surface area (Å²) in [6, 6.07) is 2.96. The molecule has 0 radical (unpaired) electrons. The van der Waals surface area contributed by atoms with Crippen LogP contribution in [-0.4, -0.2) is 21.2 Å². The maximum Gasteiger partial charge on any atom is 0.0762 e. The number of rotatable bonds is 4. The van der Waals surface area contributed by atoms with Crippen molar-refractivity contribution in [1.82, 2.24) is 15.1 Å². The van der Waals surface area contributed by atoms with Gasteiger partial charge in [0, 0.05) is 30.2 Å². The van der Waals surface area contributed by atoms with E-state index in [0.717, 1.165) is 18.7 Å². The molecule has 0 aromatic carbocycles. The van der Waals surface area contributed by atoms with E-state index < -0.39 is 0 Å². The molecule has 0 spiro atoms. The molecule has 1 saturated carbocycles. The van der Waals surface area contributed by atoms with Crippen LogP contribution < -0.4 is 5.32 Å². The van der Waals surface area contributed by atoms with Gasteiger partial charge in [0.2, 0.25) is 0 Å². The minimum absolute atomic E-state index is 0.277. The SMILES string of the molecule is CC(C)n1ccc(CNC2CCCCCC2Cl)n1. The van der Waals surface area contributed by atoms with Crippen LogP contribution in [0.15, 0.2) is 12.3 Å². The second-order valence-corrected chi connectivity index (χ2v) is 6.08. The molecule has 2 atom stereocenters. The monoisotopic (exact) mass is 269 g/mol. The standard InChI is InChI=1S/C14H24ClN3/c1-11(2)18-9-8-12(17-18)10-16-14-7-5-3-4-6-13(14)15/h8-9,11,13-14,16H,3-7,10H2,1-2H3. The van der Waals surface area contributed by atoms with Gasteiger partial charge in [-0.25, -0.2) is 0 Å². The third kappa shape index (κ3) is 3.72. The maximum absolute atomic E-state index is 6.42. The molecule has 2 rings (SSSR count). The van der Waals surface area contributed by atoms with E-state index >= 15 is 0 Å². The normalized spacial score (nSPS) is 25.3. The van der Waals surface area contributed by atoms with Gasteiger partial charge in [0.1, 0.15) is 0 Å². The van der Waals surface area contributed by atoms with Gasteiger partial charge >= 0.3 is 0 Å². The average molecular weight is 270 g/mol. The Morgan fingerprint density at radius 2 is 2.17 bits per heavy atom. The van der Waals surface area contributed by atoms with Crippen molar-refractivity contribution in [1.29, 1.82) is 0 Å². The second-order valence-electron chi connectivity index (χ2n) is 5.52. The molecule has 3 nitrogen and oxygen atoms in total. The number of halogens is 1. The van der Waals surface area contributed by atoms with Crippen LogP contribution in [0, 0.1) is 0 Å². The van der Waals surface area contributed by atoms with Gasteiger partial charge in [-0.1, -0.05) is 19.3 Å². The van der Waals surface area contributed by atoms with E-state index in [1.54, 1.807) is 0 Å². The highest BCUT2D eigenvalue weighted by molar-refractivity contribution is 6.21. The first-order chi connectivity index (χ1) is 8.66. The first-order valence-corrected chi connectivity index (χ1v) is 7.52. The highest BCUT2D eigenvalue weighted by Gasteiger charge is 2.21. The van der Waals surface area contributed by atoms with Crippen LogP contribution in [-0.2, 0) is 6.54 Å². The lowest BCUT2D eigenvalue weighted by Crippen LogP contribution is -2.35. The molecule has 102 valence electrons. The lowest BCUT2D eigenvalue weighted by molar-refractivity contribution is 0.455. The Hall–Kier alpha value is -0.540. The predicted octanol–water partition coefficient (Wildman–Crippen LogP) is 3.49. The zero-order valence-corrected chi connectivity index (χ0v) is 12.2. The number of nitrogens with one attached hydrogen (secondary N) is 1. The molecule has 1 aliphatic carbocycles. The molecular weight excluding hydrogens is 246 g/mol. The lowest BCUT2D eigenvalue weighted by atomic mass is 10.1. The summed E-state index contributed by atoms with van der Waals surface area (Å²) in [5, 5.41) is 8.40. The highest BCUT2D eigenvalue weighted by Crippen LogP contribution is 2.22. The van der Waals surface area contributed by atoms with E-state index in [1.165, 1.54) is 25.7 Å². The molecule has 1 aliphatic rings. The quantitative estimate of drug-likeness (QED) is 0.670. The van der Waals surface area contributed by atoms with Crippen molar-refractivity contribution < 1.29 is 0 Å². The van der Waals surface area contributed by atoms with Crippen molar-refractivity contribution >= 4 is 11.6 Å².